The molecule has 4 rings (SSSR count). The zero-order valence-corrected chi connectivity index (χ0v) is 18.4. The molecule has 0 saturated carbocycles. The Labute approximate surface area is 180 Å². The summed E-state index contributed by atoms with van der Waals surface area (Å²) in [4.78, 5) is 21.6. The van der Waals surface area contributed by atoms with Crippen LogP contribution in [-0.2, 0) is 0 Å². The first-order valence-electron chi connectivity index (χ1n) is 10.2. The number of amides is 1. The smallest absolute Gasteiger partial charge is 0.254 e. The van der Waals surface area contributed by atoms with Gasteiger partial charge in [0.2, 0.25) is 0 Å². The highest BCUT2D eigenvalue weighted by molar-refractivity contribution is 9.10. The quantitative estimate of drug-likeness (QED) is 0.700. The second-order valence-electron chi connectivity index (χ2n) is 7.46. The van der Waals surface area contributed by atoms with Crippen molar-refractivity contribution in [2.24, 2.45) is 0 Å². The predicted octanol–water partition coefficient (Wildman–Crippen LogP) is 2.34. The normalized spacial score (nSPS) is 18.2. The van der Waals surface area contributed by atoms with Crippen molar-refractivity contribution in [3.05, 3.63) is 46.4 Å². The third kappa shape index (κ3) is 4.70. The molecule has 0 N–H and O–H groups in total. The van der Waals surface area contributed by atoms with Crippen molar-refractivity contribution >= 4 is 33.5 Å². The van der Waals surface area contributed by atoms with E-state index in [1.54, 1.807) is 0 Å². The molecule has 2 saturated heterocycles. The Morgan fingerprint density at radius 1 is 0.897 bits per heavy atom. The number of hydrogen-bond acceptors (Lipinski definition) is 6. The highest BCUT2D eigenvalue weighted by atomic mass is 79.9. The third-order valence-corrected chi connectivity index (χ3v) is 6.24. The molecule has 0 atom stereocenters. The van der Waals surface area contributed by atoms with Gasteiger partial charge >= 0.3 is 0 Å². The Bertz CT molecular complexity index is 829. The highest BCUT2D eigenvalue weighted by Gasteiger charge is 2.24. The number of piperazine rings is 2. The van der Waals surface area contributed by atoms with E-state index in [4.69, 9.17) is 0 Å². The summed E-state index contributed by atoms with van der Waals surface area (Å²) in [6, 6.07) is 11.7. The molecule has 8 heteroatoms. The van der Waals surface area contributed by atoms with E-state index in [9.17, 15) is 4.79 Å². The van der Waals surface area contributed by atoms with E-state index in [0.717, 1.165) is 67.5 Å². The molecule has 29 heavy (non-hydrogen) atoms. The zero-order chi connectivity index (χ0) is 20.2. The van der Waals surface area contributed by atoms with Crippen LogP contribution in [0.5, 0.6) is 0 Å². The van der Waals surface area contributed by atoms with Crippen molar-refractivity contribution < 1.29 is 4.79 Å². The fourth-order valence-electron chi connectivity index (χ4n) is 3.89. The van der Waals surface area contributed by atoms with Crippen LogP contribution in [0.15, 0.2) is 40.9 Å². The van der Waals surface area contributed by atoms with E-state index >= 15 is 0 Å². The van der Waals surface area contributed by atoms with Crippen molar-refractivity contribution in [1.82, 2.24) is 20.0 Å². The predicted molar refractivity (Wildman–Crippen MR) is 119 cm³/mol. The first-order valence-corrected chi connectivity index (χ1v) is 11.0. The summed E-state index contributed by atoms with van der Waals surface area (Å²) >= 11 is 3.44. The topological polar surface area (TPSA) is 55.8 Å². The lowest BCUT2D eigenvalue weighted by Gasteiger charge is -2.36. The summed E-state index contributed by atoms with van der Waals surface area (Å²) in [7, 11) is 0. The van der Waals surface area contributed by atoms with Gasteiger partial charge in [0, 0.05) is 62.4 Å². The van der Waals surface area contributed by atoms with Gasteiger partial charge in [0.1, 0.15) is 0 Å². The van der Waals surface area contributed by atoms with Crippen LogP contribution in [0.3, 0.4) is 0 Å². The molecule has 2 aromatic rings. The van der Waals surface area contributed by atoms with Crippen molar-refractivity contribution in [1.29, 1.82) is 0 Å². The molecule has 1 aromatic carbocycles. The van der Waals surface area contributed by atoms with Crippen molar-refractivity contribution in [3.8, 4) is 0 Å². The molecule has 0 radical (unpaired) electrons. The van der Waals surface area contributed by atoms with Gasteiger partial charge in [0.25, 0.3) is 5.91 Å². The summed E-state index contributed by atoms with van der Waals surface area (Å²) in [5.41, 5.74) is 0.722. The van der Waals surface area contributed by atoms with Gasteiger partial charge in [0.15, 0.2) is 11.6 Å². The van der Waals surface area contributed by atoms with Gasteiger partial charge < -0.3 is 19.6 Å². The molecule has 2 aliphatic rings. The van der Waals surface area contributed by atoms with E-state index < -0.39 is 0 Å². The van der Waals surface area contributed by atoms with Crippen molar-refractivity contribution in [3.63, 3.8) is 0 Å². The van der Waals surface area contributed by atoms with Gasteiger partial charge in [-0.3, -0.25) is 4.79 Å². The minimum atomic E-state index is 0.0820. The highest BCUT2D eigenvalue weighted by Crippen LogP contribution is 2.19. The first-order chi connectivity index (χ1) is 14.1. The average molecular weight is 459 g/mol. The van der Waals surface area contributed by atoms with E-state index in [-0.39, 0.29) is 5.91 Å². The summed E-state index contributed by atoms with van der Waals surface area (Å²) in [6.07, 6.45) is 0. The maximum Gasteiger partial charge on any atom is 0.254 e. The Balaban J connectivity index is 1.32. The lowest BCUT2D eigenvalue weighted by atomic mass is 10.2. The van der Waals surface area contributed by atoms with Crippen molar-refractivity contribution in [2.75, 3.05) is 68.7 Å². The number of nitrogens with zero attached hydrogens (tertiary/aromatic N) is 6. The molecule has 0 aliphatic carbocycles. The fourth-order valence-corrected chi connectivity index (χ4v) is 4.29. The van der Waals surface area contributed by atoms with Crippen LogP contribution in [-0.4, -0.2) is 84.8 Å². The number of benzene rings is 1. The number of carbonyl (C=O) groups excluding carboxylic acids is 1. The fraction of sp³-hybridized carbons (Fsp3) is 0.476. The minimum Gasteiger partial charge on any atom is -0.353 e. The van der Waals surface area contributed by atoms with Crippen LogP contribution in [0.4, 0.5) is 11.6 Å². The molecule has 1 amide bonds. The number of rotatable bonds is 4. The Morgan fingerprint density at radius 3 is 2.00 bits per heavy atom. The molecule has 2 fully saturated rings. The van der Waals surface area contributed by atoms with E-state index in [0.29, 0.717) is 13.1 Å². The monoisotopic (exact) mass is 458 g/mol. The van der Waals surface area contributed by atoms with Gasteiger partial charge in [-0.05, 0) is 36.9 Å². The number of anilines is 2. The van der Waals surface area contributed by atoms with Gasteiger partial charge in [-0.2, -0.15) is 0 Å². The number of halogens is 1. The lowest BCUT2D eigenvalue weighted by Crippen LogP contribution is -2.49. The third-order valence-electron chi connectivity index (χ3n) is 5.74. The number of carbonyl (C=O) groups is 1. The second kappa shape index (κ2) is 9.09. The molecule has 0 spiro atoms. The zero-order valence-electron chi connectivity index (χ0n) is 16.8. The number of hydrogen-bond donors (Lipinski definition) is 0. The molecule has 1 aromatic heterocycles. The molecule has 0 unspecified atom stereocenters. The van der Waals surface area contributed by atoms with Gasteiger partial charge in [0.05, 0.1) is 0 Å². The standard InChI is InChI=1S/C21H27BrN6O/c1-2-25-8-10-26(11-9-25)19-6-7-20(24-23-19)27-12-14-28(15-13-27)21(29)17-4-3-5-18(22)16-17/h3-7,16H,2,8-15H2,1H3. The summed E-state index contributed by atoms with van der Waals surface area (Å²) in [5.74, 6) is 1.92. The summed E-state index contributed by atoms with van der Waals surface area (Å²) in [6.45, 7) is 10.4. The maximum atomic E-state index is 12.7. The molecule has 3 heterocycles. The van der Waals surface area contributed by atoms with Gasteiger partial charge in [-0.15, -0.1) is 10.2 Å². The largest absolute Gasteiger partial charge is 0.353 e. The van der Waals surface area contributed by atoms with Crippen LogP contribution in [0.1, 0.15) is 17.3 Å². The molecular weight excluding hydrogens is 432 g/mol. The van der Waals surface area contributed by atoms with Crippen LogP contribution < -0.4 is 9.80 Å². The minimum absolute atomic E-state index is 0.0820. The molecule has 7 nitrogen and oxygen atoms in total. The average Bonchev–Trinajstić information content (AvgIpc) is 2.79. The summed E-state index contributed by atoms with van der Waals surface area (Å²) in [5, 5.41) is 8.94. The van der Waals surface area contributed by atoms with E-state index in [2.05, 4.69) is 59.9 Å². The van der Waals surface area contributed by atoms with Crippen LogP contribution in [0.2, 0.25) is 0 Å². The molecule has 154 valence electrons. The number of aromatic nitrogens is 2. The van der Waals surface area contributed by atoms with Crippen LogP contribution in [0.25, 0.3) is 0 Å². The van der Waals surface area contributed by atoms with Crippen molar-refractivity contribution in [2.45, 2.75) is 6.92 Å². The van der Waals surface area contributed by atoms with E-state index in [1.165, 1.54) is 0 Å². The Kier molecular flexibility index (Phi) is 6.30. The van der Waals surface area contributed by atoms with E-state index in [1.807, 2.05) is 29.2 Å². The summed E-state index contributed by atoms with van der Waals surface area (Å²) < 4.78 is 0.924. The number of likely N-dealkylation sites (N-methyl/N-ethyl adjacent to an activating group) is 1. The molecular formula is C21H27BrN6O. The van der Waals surface area contributed by atoms with Gasteiger partial charge in [-0.1, -0.05) is 28.9 Å². The van der Waals surface area contributed by atoms with Crippen LogP contribution >= 0.6 is 15.9 Å². The van der Waals surface area contributed by atoms with Crippen LogP contribution in [0, 0.1) is 0 Å². The SMILES string of the molecule is CCN1CCN(c2ccc(N3CCN(C(=O)c4cccc(Br)c4)CC3)nn2)CC1. The maximum absolute atomic E-state index is 12.7. The molecule has 0 bridgehead atoms. The molecule has 2 aliphatic heterocycles. The first kappa shape index (κ1) is 20.1. The second-order valence-corrected chi connectivity index (χ2v) is 8.38. The Hall–Kier alpha value is -2.19. The van der Waals surface area contributed by atoms with Gasteiger partial charge in [-0.25, -0.2) is 0 Å². The lowest BCUT2D eigenvalue weighted by molar-refractivity contribution is 0.0746. The Morgan fingerprint density at radius 2 is 1.48 bits per heavy atom.